The van der Waals surface area contributed by atoms with E-state index in [4.69, 9.17) is 19.3 Å². The van der Waals surface area contributed by atoms with Gasteiger partial charge in [-0.1, -0.05) is 31.5 Å². The molecule has 0 heterocycles. The van der Waals surface area contributed by atoms with Gasteiger partial charge < -0.3 is 24.6 Å². The number of anilines is 1. The summed E-state index contributed by atoms with van der Waals surface area (Å²) < 4.78 is 17.1. The molecule has 0 aromatic heterocycles. The molecule has 2 N–H and O–H groups in total. The quantitative estimate of drug-likeness (QED) is 0.332. The van der Waals surface area contributed by atoms with Crippen LogP contribution in [-0.4, -0.2) is 30.8 Å². The van der Waals surface area contributed by atoms with Crippen LogP contribution in [0.15, 0.2) is 72.8 Å². The van der Waals surface area contributed by atoms with Gasteiger partial charge >= 0.3 is 5.97 Å². The maximum atomic E-state index is 10.5. The molecule has 0 aliphatic heterocycles. The van der Waals surface area contributed by atoms with Crippen LogP contribution in [0.2, 0.25) is 0 Å². The molecule has 0 radical (unpaired) electrons. The lowest BCUT2D eigenvalue weighted by atomic mass is 10.1. The summed E-state index contributed by atoms with van der Waals surface area (Å²) in [5.41, 5.74) is 2.09. The van der Waals surface area contributed by atoms with Gasteiger partial charge in [-0.2, -0.15) is 0 Å². The first-order valence-electron chi connectivity index (χ1n) is 10.8. The molecule has 0 saturated heterocycles. The number of nitrogens with one attached hydrogen (secondary N) is 1. The summed E-state index contributed by atoms with van der Waals surface area (Å²) in [5, 5.41) is 12.0. The molecule has 0 fully saturated rings. The van der Waals surface area contributed by atoms with Crippen LogP contribution >= 0.6 is 0 Å². The maximum absolute atomic E-state index is 10.5. The predicted molar refractivity (Wildman–Crippen MR) is 125 cm³/mol. The van der Waals surface area contributed by atoms with Crippen LogP contribution in [0.4, 0.5) is 5.69 Å². The Morgan fingerprint density at radius 3 is 2.38 bits per heavy atom. The number of carboxylic acid groups (broad SMARTS) is 1. The molecule has 0 aliphatic rings. The number of carboxylic acids is 1. The van der Waals surface area contributed by atoms with Crippen molar-refractivity contribution in [2.45, 2.75) is 26.2 Å². The smallest absolute Gasteiger partial charge is 0.341 e. The van der Waals surface area contributed by atoms with E-state index in [9.17, 15) is 4.79 Å². The molecule has 6 heteroatoms. The van der Waals surface area contributed by atoms with E-state index in [2.05, 4.69) is 18.3 Å². The number of aryl methyl sites for hydroxylation is 1. The Balaban J connectivity index is 1.45. The molecule has 32 heavy (non-hydrogen) atoms. The topological polar surface area (TPSA) is 77.0 Å². The SMILES string of the molecule is CCCc1cc(Oc2ccccc2)ccc1OCCCNc1ccc(OCC(=O)O)cc1. The van der Waals surface area contributed by atoms with Gasteiger partial charge in [-0.15, -0.1) is 0 Å². The fraction of sp³-hybridized carbons (Fsp3) is 0.269. The number of rotatable bonds is 13. The Morgan fingerprint density at radius 2 is 1.66 bits per heavy atom. The van der Waals surface area contributed by atoms with Gasteiger partial charge in [0, 0.05) is 12.2 Å². The number of ether oxygens (including phenoxy) is 3. The molecule has 3 aromatic carbocycles. The minimum Gasteiger partial charge on any atom is -0.493 e. The third kappa shape index (κ3) is 7.54. The number of para-hydroxylation sites is 1. The molecule has 6 nitrogen and oxygen atoms in total. The highest BCUT2D eigenvalue weighted by Crippen LogP contribution is 2.29. The average Bonchev–Trinajstić information content (AvgIpc) is 2.80. The van der Waals surface area contributed by atoms with Crippen LogP contribution in [0, 0.1) is 0 Å². The number of carbonyl (C=O) groups is 1. The Hall–Kier alpha value is -3.67. The molecule has 0 atom stereocenters. The highest BCUT2D eigenvalue weighted by atomic mass is 16.5. The van der Waals surface area contributed by atoms with Crippen LogP contribution in [-0.2, 0) is 11.2 Å². The first kappa shape index (κ1) is 23.0. The zero-order valence-corrected chi connectivity index (χ0v) is 18.3. The molecular formula is C26H29NO5. The summed E-state index contributed by atoms with van der Waals surface area (Å²) >= 11 is 0. The summed E-state index contributed by atoms with van der Waals surface area (Å²) in [7, 11) is 0. The molecular weight excluding hydrogens is 406 g/mol. The van der Waals surface area contributed by atoms with Crippen molar-refractivity contribution < 1.29 is 24.1 Å². The van der Waals surface area contributed by atoms with Crippen molar-refractivity contribution in [1.82, 2.24) is 0 Å². The minimum absolute atomic E-state index is 0.344. The third-order valence-corrected chi connectivity index (χ3v) is 4.65. The van der Waals surface area contributed by atoms with Gasteiger partial charge in [-0.05, 0) is 73.0 Å². The van der Waals surface area contributed by atoms with Crippen molar-refractivity contribution in [3.63, 3.8) is 0 Å². The van der Waals surface area contributed by atoms with Crippen molar-refractivity contribution in [2.75, 3.05) is 25.1 Å². The monoisotopic (exact) mass is 435 g/mol. The first-order chi connectivity index (χ1) is 15.6. The zero-order chi connectivity index (χ0) is 22.6. The van der Waals surface area contributed by atoms with Gasteiger partial charge in [-0.3, -0.25) is 0 Å². The van der Waals surface area contributed by atoms with E-state index in [-0.39, 0.29) is 6.61 Å². The van der Waals surface area contributed by atoms with E-state index in [0.717, 1.165) is 54.3 Å². The first-order valence-corrected chi connectivity index (χ1v) is 10.8. The molecule has 3 aromatic rings. The Bertz CT molecular complexity index is 973. The molecule has 0 bridgehead atoms. The van der Waals surface area contributed by atoms with E-state index in [0.29, 0.717) is 12.4 Å². The van der Waals surface area contributed by atoms with E-state index in [1.54, 1.807) is 12.1 Å². The van der Waals surface area contributed by atoms with Gasteiger partial charge in [0.05, 0.1) is 6.61 Å². The summed E-state index contributed by atoms with van der Waals surface area (Å²) in [5.74, 6) is 2.06. The predicted octanol–water partition coefficient (Wildman–Crippen LogP) is 5.78. The standard InChI is InChI=1S/C26H29NO5/c1-2-7-20-18-24(32-23-8-4-3-5-9-23)14-15-25(20)30-17-6-16-27-21-10-12-22(13-11-21)31-19-26(28)29/h3-5,8-15,18,27H,2,6-7,16-17,19H2,1H3,(H,28,29). The van der Waals surface area contributed by atoms with E-state index in [1.807, 2.05) is 54.6 Å². The Morgan fingerprint density at radius 1 is 0.906 bits per heavy atom. The number of hydrogen-bond acceptors (Lipinski definition) is 5. The van der Waals surface area contributed by atoms with Crippen LogP contribution in [0.5, 0.6) is 23.0 Å². The second-order valence-corrected chi connectivity index (χ2v) is 7.27. The number of benzene rings is 3. The molecule has 0 spiro atoms. The Labute approximate surface area is 188 Å². The Kier molecular flexibility index (Phi) is 8.80. The van der Waals surface area contributed by atoms with Crippen molar-refractivity contribution in [2.24, 2.45) is 0 Å². The molecule has 0 amide bonds. The van der Waals surface area contributed by atoms with Gasteiger partial charge in [0.25, 0.3) is 0 Å². The molecule has 0 unspecified atom stereocenters. The third-order valence-electron chi connectivity index (χ3n) is 4.65. The van der Waals surface area contributed by atoms with Crippen LogP contribution in [0.3, 0.4) is 0 Å². The van der Waals surface area contributed by atoms with Crippen LogP contribution in [0.1, 0.15) is 25.3 Å². The second-order valence-electron chi connectivity index (χ2n) is 7.27. The van der Waals surface area contributed by atoms with Crippen molar-refractivity contribution in [1.29, 1.82) is 0 Å². The van der Waals surface area contributed by atoms with Gasteiger partial charge in [-0.25, -0.2) is 4.79 Å². The number of hydrogen-bond donors (Lipinski definition) is 2. The normalized spacial score (nSPS) is 10.4. The lowest BCUT2D eigenvalue weighted by molar-refractivity contribution is -0.139. The van der Waals surface area contributed by atoms with E-state index in [1.165, 1.54) is 0 Å². The van der Waals surface area contributed by atoms with Crippen molar-refractivity contribution in [3.05, 3.63) is 78.4 Å². The van der Waals surface area contributed by atoms with Crippen molar-refractivity contribution >= 4 is 11.7 Å². The summed E-state index contributed by atoms with van der Waals surface area (Å²) in [6.45, 7) is 3.16. The number of aliphatic carboxylic acids is 1. The molecule has 3 rings (SSSR count). The highest BCUT2D eigenvalue weighted by molar-refractivity contribution is 5.68. The summed E-state index contributed by atoms with van der Waals surface area (Å²) in [4.78, 5) is 10.5. The summed E-state index contributed by atoms with van der Waals surface area (Å²) in [6, 6.07) is 22.9. The van der Waals surface area contributed by atoms with Gasteiger partial charge in [0.1, 0.15) is 23.0 Å². The van der Waals surface area contributed by atoms with Crippen molar-refractivity contribution in [3.8, 4) is 23.0 Å². The fourth-order valence-corrected chi connectivity index (χ4v) is 3.15. The van der Waals surface area contributed by atoms with Gasteiger partial charge in [0.15, 0.2) is 6.61 Å². The zero-order valence-electron chi connectivity index (χ0n) is 18.3. The highest BCUT2D eigenvalue weighted by Gasteiger charge is 2.07. The average molecular weight is 436 g/mol. The second kappa shape index (κ2) is 12.2. The van der Waals surface area contributed by atoms with Crippen LogP contribution < -0.4 is 19.5 Å². The lowest BCUT2D eigenvalue weighted by Gasteiger charge is -2.14. The molecule has 168 valence electrons. The van der Waals surface area contributed by atoms with Gasteiger partial charge in [0.2, 0.25) is 0 Å². The molecule has 0 aliphatic carbocycles. The minimum atomic E-state index is -0.993. The largest absolute Gasteiger partial charge is 0.493 e. The van der Waals surface area contributed by atoms with E-state index < -0.39 is 5.97 Å². The lowest BCUT2D eigenvalue weighted by Crippen LogP contribution is -2.10. The molecule has 0 saturated carbocycles. The maximum Gasteiger partial charge on any atom is 0.341 e. The van der Waals surface area contributed by atoms with E-state index >= 15 is 0 Å². The fourth-order valence-electron chi connectivity index (χ4n) is 3.15. The van der Waals surface area contributed by atoms with Crippen LogP contribution in [0.25, 0.3) is 0 Å². The summed E-state index contributed by atoms with van der Waals surface area (Å²) in [6.07, 6.45) is 2.79.